The number of aromatic nitrogens is 1. The first-order valence-electron chi connectivity index (χ1n) is 5.02. The van der Waals surface area contributed by atoms with Crippen LogP contribution >= 0.6 is 0 Å². The number of H-pyrrole nitrogens is 1. The molecule has 1 aromatic heterocycles. The Hall–Kier alpha value is -1.42. The average molecular weight is 200 g/mol. The third-order valence-corrected chi connectivity index (χ3v) is 2.79. The van der Waals surface area contributed by atoms with E-state index in [9.17, 15) is 0 Å². The van der Waals surface area contributed by atoms with Crippen LogP contribution in [0.5, 0.6) is 0 Å². The molecule has 73 valence electrons. The summed E-state index contributed by atoms with van der Waals surface area (Å²) in [7, 11) is 0. The van der Waals surface area contributed by atoms with Gasteiger partial charge in [0.05, 0.1) is 5.52 Å². The van der Waals surface area contributed by atoms with Crippen LogP contribution < -0.4 is 0 Å². The van der Waals surface area contributed by atoms with Gasteiger partial charge in [-0.25, -0.2) is 0 Å². The molecule has 0 aliphatic carbocycles. The van der Waals surface area contributed by atoms with Gasteiger partial charge in [-0.2, -0.15) is 0 Å². The second-order valence-electron chi connectivity index (χ2n) is 3.64. The molecule has 1 heterocycles. The molecule has 0 unspecified atom stereocenters. The first-order chi connectivity index (χ1) is 7.40. The van der Waals surface area contributed by atoms with Crippen molar-refractivity contribution in [2.24, 2.45) is 0 Å². The van der Waals surface area contributed by atoms with E-state index in [0.29, 0.717) is 0 Å². The number of rotatable bonds is 1. The Morgan fingerprint density at radius 2 is 1.69 bits per heavy atom. The van der Waals surface area contributed by atoms with E-state index >= 15 is 0 Å². The zero-order chi connectivity index (χ0) is 10.3. The third kappa shape index (κ3) is 1.50. The topological polar surface area (TPSA) is 15.8 Å². The van der Waals surface area contributed by atoms with Crippen LogP contribution in [0.15, 0.2) is 49.0 Å². The minimum atomic E-state index is 0. The van der Waals surface area contributed by atoms with Gasteiger partial charge in [-0.15, -0.1) is 0 Å². The summed E-state index contributed by atoms with van der Waals surface area (Å²) in [5, 5.41) is 2.54. The summed E-state index contributed by atoms with van der Waals surface area (Å²) in [6.07, 6.45) is 1.89. The first kappa shape index (κ1) is 11.1. The van der Waals surface area contributed by atoms with Crippen LogP contribution in [0.3, 0.4) is 0 Å². The van der Waals surface area contributed by atoms with Gasteiger partial charge in [0.15, 0.2) is 0 Å². The van der Waals surface area contributed by atoms with Crippen molar-refractivity contribution in [1.29, 1.82) is 0 Å². The van der Waals surface area contributed by atoms with Gasteiger partial charge >= 0.3 is 0 Å². The van der Waals surface area contributed by atoms with Gasteiger partial charge in [0.2, 0.25) is 0 Å². The Bertz CT molecular complexity index is 652. The summed E-state index contributed by atoms with van der Waals surface area (Å²) in [5.41, 5.74) is 3.51. The molecule has 0 spiro atoms. The van der Waals surface area contributed by atoms with Crippen LogP contribution in [0.4, 0.5) is 0 Å². The first-order valence-corrected chi connectivity index (χ1v) is 5.02. The maximum Gasteiger partial charge on any atom is 0.0538 e. The van der Waals surface area contributed by atoms with Gasteiger partial charge in [-0.3, -0.25) is 0 Å². The monoisotopic (exact) mass is 200 g/mol. The minimum Gasteiger partial charge on any atom is -0.354 e. The summed E-state index contributed by atoms with van der Waals surface area (Å²) in [5.74, 6) is 0. The smallest absolute Gasteiger partial charge is 0.0538 e. The van der Waals surface area contributed by atoms with E-state index in [1.807, 2.05) is 12.1 Å². The molecule has 0 saturated heterocycles. The molecular formula is C14H11LiN. The van der Waals surface area contributed by atoms with Crippen LogP contribution in [0.2, 0.25) is 0 Å². The second-order valence-corrected chi connectivity index (χ2v) is 3.64. The van der Waals surface area contributed by atoms with E-state index in [0.717, 1.165) is 5.56 Å². The third-order valence-electron chi connectivity index (χ3n) is 2.79. The van der Waals surface area contributed by atoms with Crippen molar-refractivity contribution in [1.82, 2.24) is 4.98 Å². The zero-order valence-corrected chi connectivity index (χ0v) is 9.33. The van der Waals surface area contributed by atoms with Gasteiger partial charge in [-0.1, -0.05) is 49.1 Å². The molecule has 0 fully saturated rings. The molecule has 0 saturated carbocycles. The van der Waals surface area contributed by atoms with Crippen LogP contribution in [-0.2, 0) is 0 Å². The quantitative estimate of drug-likeness (QED) is 0.578. The zero-order valence-electron chi connectivity index (χ0n) is 9.33. The maximum absolute atomic E-state index is 3.83. The predicted molar refractivity (Wildman–Crippen MR) is 71.6 cm³/mol. The summed E-state index contributed by atoms with van der Waals surface area (Å²) < 4.78 is 0. The molecule has 3 rings (SSSR count). The van der Waals surface area contributed by atoms with Crippen molar-refractivity contribution < 1.29 is 0 Å². The van der Waals surface area contributed by atoms with Crippen molar-refractivity contribution in [2.75, 3.05) is 0 Å². The summed E-state index contributed by atoms with van der Waals surface area (Å²) in [4.78, 5) is 3.43. The standard InChI is InChI=1S/C14H11N.Li/c1-2-10-6-5-8-12-11-7-3-4-9-13(11)15-14(10)12;/h2-9,15H,1H2;. The number of para-hydroxylation sites is 2. The largest absolute Gasteiger partial charge is 0.354 e. The van der Waals surface area contributed by atoms with Crippen LogP contribution in [-0.4, -0.2) is 23.8 Å². The number of hydrogen-bond acceptors (Lipinski definition) is 0. The maximum atomic E-state index is 3.83. The van der Waals surface area contributed by atoms with Gasteiger partial charge < -0.3 is 4.98 Å². The van der Waals surface area contributed by atoms with Gasteiger partial charge in [0, 0.05) is 35.1 Å². The van der Waals surface area contributed by atoms with Crippen LogP contribution in [0.1, 0.15) is 5.56 Å². The van der Waals surface area contributed by atoms with E-state index in [2.05, 4.69) is 48.0 Å². The minimum absolute atomic E-state index is 0. The van der Waals surface area contributed by atoms with Crippen LogP contribution in [0, 0.1) is 0 Å². The molecule has 0 aliphatic heterocycles. The Kier molecular flexibility index (Phi) is 2.92. The van der Waals surface area contributed by atoms with Crippen molar-refractivity contribution in [3.63, 3.8) is 0 Å². The fourth-order valence-electron chi connectivity index (χ4n) is 2.07. The average Bonchev–Trinajstić information content (AvgIpc) is 2.67. The number of nitrogens with one attached hydrogen (secondary N) is 1. The fourth-order valence-corrected chi connectivity index (χ4v) is 2.07. The summed E-state index contributed by atoms with van der Waals surface area (Å²) >= 11 is 0. The van der Waals surface area contributed by atoms with Gasteiger partial charge in [0.1, 0.15) is 0 Å². The molecule has 2 aromatic carbocycles. The number of hydrogen-bond donors (Lipinski definition) is 1. The normalized spacial score (nSPS) is 10.2. The van der Waals surface area contributed by atoms with E-state index in [-0.39, 0.29) is 18.9 Å². The van der Waals surface area contributed by atoms with Crippen molar-refractivity contribution in [2.45, 2.75) is 0 Å². The Morgan fingerprint density at radius 3 is 2.50 bits per heavy atom. The molecule has 0 atom stereocenters. The number of aromatic amines is 1. The molecule has 0 aliphatic rings. The van der Waals surface area contributed by atoms with Gasteiger partial charge in [0.25, 0.3) is 0 Å². The molecule has 1 N–H and O–H groups in total. The Balaban J connectivity index is 0.000000963. The summed E-state index contributed by atoms with van der Waals surface area (Å²) in [6.45, 7) is 3.83. The fraction of sp³-hybridized carbons (Fsp3) is 0. The van der Waals surface area contributed by atoms with Gasteiger partial charge in [-0.05, 0) is 11.6 Å². The Morgan fingerprint density at radius 1 is 0.938 bits per heavy atom. The second kappa shape index (κ2) is 4.21. The molecule has 3 aromatic rings. The van der Waals surface area contributed by atoms with E-state index in [1.54, 1.807) is 0 Å². The van der Waals surface area contributed by atoms with Crippen molar-refractivity contribution in [3.05, 3.63) is 54.6 Å². The Labute approximate surface area is 106 Å². The molecule has 16 heavy (non-hydrogen) atoms. The van der Waals surface area contributed by atoms with Crippen molar-refractivity contribution >= 4 is 46.7 Å². The number of fused-ring (bicyclic) bond motifs is 3. The molecule has 0 bridgehead atoms. The summed E-state index contributed by atoms with van der Waals surface area (Å²) in [6, 6.07) is 14.6. The van der Waals surface area contributed by atoms with E-state index < -0.39 is 0 Å². The predicted octanol–water partition coefficient (Wildman–Crippen LogP) is 3.58. The molecule has 0 amide bonds. The van der Waals surface area contributed by atoms with E-state index in [4.69, 9.17) is 0 Å². The molecular weight excluding hydrogens is 189 g/mol. The van der Waals surface area contributed by atoms with E-state index in [1.165, 1.54) is 21.8 Å². The molecule has 1 nitrogen and oxygen atoms in total. The molecule has 2 heteroatoms. The number of benzene rings is 2. The van der Waals surface area contributed by atoms with Crippen LogP contribution in [0.25, 0.3) is 27.9 Å². The van der Waals surface area contributed by atoms with Crippen molar-refractivity contribution in [3.8, 4) is 0 Å². The SMILES string of the molecule is C=Cc1cccc2c1[nH]c1ccccc12.[Li]. The molecule has 1 radical (unpaired) electrons.